The summed E-state index contributed by atoms with van der Waals surface area (Å²) in [6.07, 6.45) is 6.67. The number of nitrogens with zero attached hydrogens (tertiary/aromatic N) is 7. The van der Waals surface area contributed by atoms with Crippen LogP contribution in [0.5, 0.6) is 0 Å². The van der Waals surface area contributed by atoms with Crippen LogP contribution >= 0.6 is 11.3 Å². The molecule has 0 spiro atoms. The first-order valence-corrected chi connectivity index (χ1v) is 10.8. The van der Waals surface area contributed by atoms with Crippen LogP contribution in [0.15, 0.2) is 24.0 Å². The Morgan fingerprint density at radius 3 is 2.86 bits per heavy atom. The molecule has 2 saturated heterocycles. The molecule has 2 fully saturated rings. The molecule has 3 aromatic heterocycles. The van der Waals surface area contributed by atoms with E-state index in [4.69, 9.17) is 0 Å². The van der Waals surface area contributed by atoms with Gasteiger partial charge >= 0.3 is 0 Å². The molecule has 28 heavy (non-hydrogen) atoms. The molecule has 0 aliphatic carbocycles. The van der Waals surface area contributed by atoms with Crippen molar-refractivity contribution in [3.63, 3.8) is 0 Å². The van der Waals surface area contributed by atoms with E-state index in [9.17, 15) is 5.11 Å². The van der Waals surface area contributed by atoms with Gasteiger partial charge < -0.3 is 10.0 Å². The van der Waals surface area contributed by atoms with Crippen LogP contribution in [0.25, 0.3) is 10.2 Å². The number of β-amino-alcohol motifs (C(OH)–C–C–N with tert-alkyl or cyclic N) is 1. The summed E-state index contributed by atoms with van der Waals surface area (Å²) in [5, 5.41) is 20.4. The Kier molecular flexibility index (Phi) is 4.96. The van der Waals surface area contributed by atoms with Crippen molar-refractivity contribution in [2.75, 3.05) is 31.1 Å². The number of hydrogen-bond donors (Lipinski definition) is 1. The highest BCUT2D eigenvalue weighted by atomic mass is 32.1. The van der Waals surface area contributed by atoms with Gasteiger partial charge in [0.1, 0.15) is 12.1 Å². The lowest BCUT2D eigenvalue weighted by Crippen LogP contribution is -2.35. The van der Waals surface area contributed by atoms with E-state index in [-0.39, 0.29) is 6.10 Å². The minimum atomic E-state index is -0.189. The fourth-order valence-corrected chi connectivity index (χ4v) is 5.14. The van der Waals surface area contributed by atoms with Crippen LogP contribution in [-0.2, 0) is 13.1 Å². The largest absolute Gasteiger partial charge is 0.392 e. The molecule has 2 aliphatic heterocycles. The zero-order valence-electron chi connectivity index (χ0n) is 15.8. The minimum Gasteiger partial charge on any atom is -0.392 e. The Hall–Kier alpha value is -2.10. The molecule has 0 amide bonds. The molecule has 9 heteroatoms. The Morgan fingerprint density at radius 1 is 1.14 bits per heavy atom. The number of thiophene rings is 1. The van der Waals surface area contributed by atoms with Gasteiger partial charge in [-0.05, 0) is 36.6 Å². The van der Waals surface area contributed by atoms with Crippen molar-refractivity contribution >= 4 is 27.4 Å². The van der Waals surface area contributed by atoms with E-state index in [2.05, 4.69) is 47.7 Å². The van der Waals surface area contributed by atoms with Gasteiger partial charge in [0.05, 0.1) is 22.0 Å². The fraction of sp³-hybridized carbons (Fsp3) is 0.579. The van der Waals surface area contributed by atoms with Crippen molar-refractivity contribution < 1.29 is 5.11 Å². The number of fused-ring (bicyclic) bond motifs is 1. The number of hydrogen-bond acceptors (Lipinski definition) is 8. The molecule has 0 aromatic carbocycles. The number of aliphatic hydroxyl groups is 1. The second-order valence-corrected chi connectivity index (χ2v) is 8.79. The molecule has 0 saturated carbocycles. The van der Waals surface area contributed by atoms with Gasteiger partial charge in [-0.15, -0.1) is 16.4 Å². The normalized spacial score (nSPS) is 21.8. The summed E-state index contributed by atoms with van der Waals surface area (Å²) in [7, 11) is 0. The summed E-state index contributed by atoms with van der Waals surface area (Å²) in [4.78, 5) is 13.5. The molecular weight excluding hydrogens is 374 g/mol. The maximum absolute atomic E-state index is 9.65. The lowest BCUT2D eigenvalue weighted by atomic mass is 9.97. The van der Waals surface area contributed by atoms with E-state index in [1.165, 1.54) is 4.70 Å². The SMILES string of the molecule is O[C@@H]1CCN(Cc2cn(CC3CCN(c4ncnc5ccsc45)CC3)nn2)C1. The highest BCUT2D eigenvalue weighted by molar-refractivity contribution is 7.17. The van der Waals surface area contributed by atoms with Crippen LogP contribution in [0, 0.1) is 5.92 Å². The van der Waals surface area contributed by atoms with Gasteiger partial charge in [0.25, 0.3) is 0 Å². The van der Waals surface area contributed by atoms with Crippen molar-refractivity contribution in [1.82, 2.24) is 29.9 Å². The first-order chi connectivity index (χ1) is 13.7. The smallest absolute Gasteiger partial charge is 0.150 e. The van der Waals surface area contributed by atoms with Crippen LogP contribution < -0.4 is 4.90 Å². The van der Waals surface area contributed by atoms with Gasteiger partial charge in [-0.1, -0.05) is 5.21 Å². The van der Waals surface area contributed by atoms with E-state index < -0.39 is 0 Å². The van der Waals surface area contributed by atoms with Crippen molar-refractivity contribution in [2.24, 2.45) is 5.92 Å². The van der Waals surface area contributed by atoms with Crippen LogP contribution in [0.4, 0.5) is 5.82 Å². The molecule has 2 aliphatic rings. The number of likely N-dealkylation sites (tertiary alicyclic amines) is 1. The molecular formula is C19H25N7OS. The Bertz CT molecular complexity index is 933. The molecule has 0 radical (unpaired) electrons. The van der Waals surface area contributed by atoms with E-state index in [0.29, 0.717) is 5.92 Å². The topological polar surface area (TPSA) is 83.2 Å². The van der Waals surface area contributed by atoms with Crippen molar-refractivity contribution in [2.45, 2.75) is 38.5 Å². The summed E-state index contributed by atoms with van der Waals surface area (Å²) in [5.41, 5.74) is 2.03. The molecule has 8 nitrogen and oxygen atoms in total. The molecule has 148 valence electrons. The molecule has 0 unspecified atom stereocenters. The van der Waals surface area contributed by atoms with Gasteiger partial charge in [-0.25, -0.2) is 9.97 Å². The number of anilines is 1. The quantitative estimate of drug-likeness (QED) is 0.700. The highest BCUT2D eigenvalue weighted by Crippen LogP contribution is 2.31. The third-order valence-electron chi connectivity index (χ3n) is 5.80. The van der Waals surface area contributed by atoms with E-state index in [0.717, 1.165) is 75.6 Å². The first kappa shape index (κ1) is 18.0. The van der Waals surface area contributed by atoms with Crippen molar-refractivity contribution in [1.29, 1.82) is 0 Å². The standard InChI is InChI=1S/C19H25N7OS/c27-16-3-5-24(12-16)10-15-11-26(23-22-15)9-14-1-6-25(7-2-14)19-18-17(4-8-28-18)20-13-21-19/h4,8,11,13-14,16,27H,1-3,5-7,9-10,12H2/t16-/m1/s1. The predicted octanol–water partition coefficient (Wildman–Crippen LogP) is 1.77. The third-order valence-corrected chi connectivity index (χ3v) is 6.70. The Labute approximate surface area is 167 Å². The highest BCUT2D eigenvalue weighted by Gasteiger charge is 2.24. The molecule has 5 rings (SSSR count). The molecule has 1 N–H and O–H groups in total. The van der Waals surface area contributed by atoms with Crippen LogP contribution in [-0.4, -0.2) is 67.3 Å². The maximum atomic E-state index is 9.65. The zero-order chi connectivity index (χ0) is 18.9. The van der Waals surface area contributed by atoms with Gasteiger partial charge in [0, 0.05) is 45.5 Å². The number of aliphatic hydroxyl groups excluding tert-OH is 1. The van der Waals surface area contributed by atoms with Crippen LogP contribution in [0.2, 0.25) is 0 Å². The second-order valence-electron chi connectivity index (χ2n) is 7.87. The lowest BCUT2D eigenvalue weighted by molar-refractivity contribution is 0.174. The Morgan fingerprint density at radius 2 is 2.04 bits per heavy atom. The third kappa shape index (κ3) is 3.74. The first-order valence-electron chi connectivity index (χ1n) is 9.97. The van der Waals surface area contributed by atoms with Crippen LogP contribution in [0.1, 0.15) is 25.0 Å². The van der Waals surface area contributed by atoms with E-state index in [1.807, 2.05) is 4.68 Å². The second kappa shape index (κ2) is 7.73. The van der Waals surface area contributed by atoms with Gasteiger partial charge in [0.2, 0.25) is 0 Å². The molecule has 1 atom stereocenters. The predicted molar refractivity (Wildman–Crippen MR) is 108 cm³/mol. The summed E-state index contributed by atoms with van der Waals surface area (Å²) in [6, 6.07) is 2.06. The van der Waals surface area contributed by atoms with Gasteiger partial charge in [0.15, 0.2) is 0 Å². The van der Waals surface area contributed by atoms with Crippen molar-refractivity contribution in [3.05, 3.63) is 29.7 Å². The monoisotopic (exact) mass is 399 g/mol. The number of piperidine rings is 1. The van der Waals surface area contributed by atoms with Gasteiger partial charge in [-0.3, -0.25) is 9.58 Å². The van der Waals surface area contributed by atoms with E-state index >= 15 is 0 Å². The molecule has 0 bridgehead atoms. The molecule has 5 heterocycles. The lowest BCUT2D eigenvalue weighted by Gasteiger charge is -2.32. The number of aromatic nitrogens is 5. The molecule has 3 aromatic rings. The Balaban J connectivity index is 1.16. The summed E-state index contributed by atoms with van der Waals surface area (Å²) >= 11 is 1.72. The summed E-state index contributed by atoms with van der Waals surface area (Å²) in [6.45, 7) is 5.41. The number of rotatable bonds is 5. The zero-order valence-corrected chi connectivity index (χ0v) is 16.6. The average molecular weight is 400 g/mol. The van der Waals surface area contributed by atoms with Crippen LogP contribution in [0.3, 0.4) is 0 Å². The summed E-state index contributed by atoms with van der Waals surface area (Å²) in [5.74, 6) is 1.69. The van der Waals surface area contributed by atoms with Gasteiger partial charge in [-0.2, -0.15) is 0 Å². The fourth-order valence-electron chi connectivity index (χ4n) is 4.28. The summed E-state index contributed by atoms with van der Waals surface area (Å²) < 4.78 is 3.18. The van der Waals surface area contributed by atoms with Crippen molar-refractivity contribution in [3.8, 4) is 0 Å². The van der Waals surface area contributed by atoms with E-state index in [1.54, 1.807) is 17.7 Å². The maximum Gasteiger partial charge on any atom is 0.150 e. The average Bonchev–Trinajstić information content (AvgIpc) is 3.44. The minimum absolute atomic E-state index is 0.189.